The number of carbonyl (C=O) groups is 1. The van der Waals surface area contributed by atoms with E-state index in [1.54, 1.807) is 0 Å². The average Bonchev–Trinajstić information content (AvgIpc) is 2.46. The van der Waals surface area contributed by atoms with Gasteiger partial charge in [-0.15, -0.1) is 0 Å². The van der Waals surface area contributed by atoms with E-state index in [2.05, 4.69) is 37.4 Å². The van der Waals surface area contributed by atoms with Gasteiger partial charge in [-0.2, -0.15) is 0 Å². The van der Waals surface area contributed by atoms with Crippen LogP contribution in [-0.2, 0) is 11.2 Å². The smallest absolute Gasteiger partial charge is 0.244 e. The van der Waals surface area contributed by atoms with Crippen LogP contribution in [0.1, 0.15) is 43.9 Å². The van der Waals surface area contributed by atoms with Gasteiger partial charge in [-0.25, -0.2) is 0 Å². The van der Waals surface area contributed by atoms with Crippen LogP contribution in [0.3, 0.4) is 0 Å². The monoisotopic (exact) mass is 260 g/mol. The van der Waals surface area contributed by atoms with Gasteiger partial charge >= 0.3 is 0 Å². The normalized spacial score (nSPS) is 17.9. The van der Waals surface area contributed by atoms with Gasteiger partial charge in [-0.05, 0) is 30.4 Å². The first-order valence-corrected chi connectivity index (χ1v) is 7.37. The zero-order chi connectivity index (χ0) is 13.7. The minimum absolute atomic E-state index is 0.150. The zero-order valence-electron chi connectivity index (χ0n) is 12.0. The Morgan fingerprint density at radius 1 is 1.26 bits per heavy atom. The molecule has 3 heteroatoms. The van der Waals surface area contributed by atoms with Gasteiger partial charge in [0.15, 0.2) is 0 Å². The Morgan fingerprint density at radius 2 is 1.95 bits per heavy atom. The molecule has 104 valence electrons. The first-order chi connectivity index (χ1) is 9.27. The Kier molecular flexibility index (Phi) is 4.97. The van der Waals surface area contributed by atoms with Crippen molar-refractivity contribution >= 4 is 5.91 Å². The predicted molar refractivity (Wildman–Crippen MR) is 78.1 cm³/mol. The van der Waals surface area contributed by atoms with Crippen molar-refractivity contribution in [1.29, 1.82) is 0 Å². The number of nitrogens with one attached hydrogen (secondary N) is 1. The van der Waals surface area contributed by atoms with Crippen LogP contribution in [0.4, 0.5) is 0 Å². The highest BCUT2D eigenvalue weighted by molar-refractivity contribution is 5.84. The van der Waals surface area contributed by atoms with E-state index in [4.69, 9.17) is 0 Å². The van der Waals surface area contributed by atoms with Crippen molar-refractivity contribution < 1.29 is 4.79 Å². The molecule has 2 rings (SSSR count). The van der Waals surface area contributed by atoms with Gasteiger partial charge in [0.1, 0.15) is 6.04 Å². The van der Waals surface area contributed by atoms with Gasteiger partial charge < -0.3 is 10.2 Å². The summed E-state index contributed by atoms with van der Waals surface area (Å²) in [5, 5.41) is 3.38. The maximum atomic E-state index is 12.7. The topological polar surface area (TPSA) is 32.3 Å². The van der Waals surface area contributed by atoms with Gasteiger partial charge in [-0.3, -0.25) is 4.79 Å². The molecule has 0 aromatic heterocycles. The fraction of sp³-hybridized carbons (Fsp3) is 0.562. The van der Waals surface area contributed by atoms with Gasteiger partial charge in [0, 0.05) is 19.6 Å². The third-order valence-electron chi connectivity index (χ3n) is 3.65. The molecule has 3 nitrogen and oxygen atoms in total. The van der Waals surface area contributed by atoms with E-state index in [1.807, 2.05) is 11.0 Å². The highest BCUT2D eigenvalue weighted by Gasteiger charge is 2.28. The summed E-state index contributed by atoms with van der Waals surface area (Å²) in [5.74, 6) is 0.232. The molecule has 0 radical (unpaired) electrons. The number of nitrogens with zero attached hydrogens (tertiary/aromatic N) is 1. The minimum atomic E-state index is -0.150. The number of hydrogen-bond donors (Lipinski definition) is 1. The van der Waals surface area contributed by atoms with Crippen LogP contribution in [0, 0.1) is 0 Å². The highest BCUT2D eigenvalue weighted by Crippen LogP contribution is 2.24. The molecule has 1 N–H and O–H groups in total. The van der Waals surface area contributed by atoms with Gasteiger partial charge in [-0.1, -0.05) is 38.1 Å². The number of benzene rings is 1. The maximum absolute atomic E-state index is 12.7. The number of amides is 1. The van der Waals surface area contributed by atoms with Crippen LogP contribution in [0.5, 0.6) is 0 Å². The van der Waals surface area contributed by atoms with E-state index < -0.39 is 0 Å². The first-order valence-electron chi connectivity index (χ1n) is 7.37. The second kappa shape index (κ2) is 6.71. The number of hydrogen-bond acceptors (Lipinski definition) is 2. The summed E-state index contributed by atoms with van der Waals surface area (Å²) >= 11 is 0. The Labute approximate surface area is 116 Å². The molecule has 1 heterocycles. The van der Waals surface area contributed by atoms with E-state index in [0.29, 0.717) is 0 Å². The molecule has 0 saturated carbocycles. The molecule has 0 saturated heterocycles. The van der Waals surface area contributed by atoms with Crippen LogP contribution in [0.15, 0.2) is 24.3 Å². The summed E-state index contributed by atoms with van der Waals surface area (Å²) in [6, 6.07) is 8.15. The Hall–Kier alpha value is -1.35. The minimum Gasteiger partial charge on any atom is -0.341 e. The molecule has 0 aliphatic carbocycles. The van der Waals surface area contributed by atoms with Gasteiger partial charge in [0.2, 0.25) is 5.91 Å². The molecule has 1 amide bonds. The van der Waals surface area contributed by atoms with Crippen LogP contribution in [-0.4, -0.2) is 30.4 Å². The fourth-order valence-corrected chi connectivity index (χ4v) is 2.78. The van der Waals surface area contributed by atoms with Gasteiger partial charge in [0.25, 0.3) is 0 Å². The van der Waals surface area contributed by atoms with Crippen molar-refractivity contribution in [3.05, 3.63) is 35.4 Å². The van der Waals surface area contributed by atoms with E-state index in [1.165, 1.54) is 5.56 Å². The van der Waals surface area contributed by atoms with Crippen LogP contribution in [0.2, 0.25) is 0 Å². The molecule has 1 atom stereocenters. The molecule has 0 spiro atoms. The maximum Gasteiger partial charge on any atom is 0.244 e. The second-order valence-corrected chi connectivity index (χ2v) is 5.16. The molecule has 0 bridgehead atoms. The van der Waals surface area contributed by atoms with Crippen LogP contribution in [0.25, 0.3) is 0 Å². The lowest BCUT2D eigenvalue weighted by atomic mass is 9.93. The number of fused-ring (bicyclic) bond motifs is 1. The molecule has 1 aliphatic heterocycles. The third-order valence-corrected chi connectivity index (χ3v) is 3.65. The SMILES string of the molecule is CCCN(CCC)C(=O)C1NCCc2ccccc21. The third kappa shape index (κ3) is 3.16. The Morgan fingerprint density at radius 3 is 2.63 bits per heavy atom. The molecule has 0 fully saturated rings. The summed E-state index contributed by atoms with van der Waals surface area (Å²) in [4.78, 5) is 14.7. The van der Waals surface area contributed by atoms with E-state index in [9.17, 15) is 4.79 Å². The average molecular weight is 260 g/mol. The molecular weight excluding hydrogens is 236 g/mol. The Bertz CT molecular complexity index is 425. The lowest BCUT2D eigenvalue weighted by Gasteiger charge is -2.31. The molecule has 1 unspecified atom stereocenters. The summed E-state index contributed by atoms with van der Waals surface area (Å²) in [6.07, 6.45) is 3.04. The van der Waals surface area contributed by atoms with Crippen molar-refractivity contribution in [3.63, 3.8) is 0 Å². The van der Waals surface area contributed by atoms with E-state index in [0.717, 1.165) is 44.5 Å². The Balaban J connectivity index is 2.19. The summed E-state index contributed by atoms with van der Waals surface area (Å²) in [7, 11) is 0. The lowest BCUT2D eigenvalue weighted by Crippen LogP contribution is -2.44. The summed E-state index contributed by atoms with van der Waals surface area (Å²) in [5.41, 5.74) is 2.48. The highest BCUT2D eigenvalue weighted by atomic mass is 16.2. The quantitative estimate of drug-likeness (QED) is 0.882. The first kappa shape index (κ1) is 14.1. The van der Waals surface area contributed by atoms with Crippen molar-refractivity contribution in [3.8, 4) is 0 Å². The van der Waals surface area contributed by atoms with Crippen molar-refractivity contribution in [2.24, 2.45) is 0 Å². The van der Waals surface area contributed by atoms with Crippen molar-refractivity contribution in [2.75, 3.05) is 19.6 Å². The van der Waals surface area contributed by atoms with Crippen molar-refractivity contribution in [1.82, 2.24) is 10.2 Å². The number of carbonyl (C=O) groups excluding carboxylic acids is 1. The fourth-order valence-electron chi connectivity index (χ4n) is 2.78. The second-order valence-electron chi connectivity index (χ2n) is 5.16. The summed E-state index contributed by atoms with van der Waals surface area (Å²) in [6.45, 7) is 6.84. The predicted octanol–water partition coefficient (Wildman–Crippen LogP) is 2.52. The molecular formula is C16H24N2O. The van der Waals surface area contributed by atoms with Crippen molar-refractivity contribution in [2.45, 2.75) is 39.2 Å². The van der Waals surface area contributed by atoms with Crippen LogP contribution >= 0.6 is 0 Å². The number of rotatable bonds is 5. The standard InChI is InChI=1S/C16H24N2O/c1-3-11-18(12-4-2)16(19)15-14-8-6-5-7-13(14)9-10-17-15/h5-8,15,17H,3-4,9-12H2,1-2H3. The molecule has 1 aliphatic rings. The largest absolute Gasteiger partial charge is 0.341 e. The summed E-state index contributed by atoms with van der Waals surface area (Å²) < 4.78 is 0. The van der Waals surface area contributed by atoms with Gasteiger partial charge in [0.05, 0.1) is 0 Å². The lowest BCUT2D eigenvalue weighted by molar-refractivity contribution is -0.133. The van der Waals surface area contributed by atoms with E-state index >= 15 is 0 Å². The molecule has 19 heavy (non-hydrogen) atoms. The zero-order valence-corrected chi connectivity index (χ0v) is 12.0. The van der Waals surface area contributed by atoms with E-state index in [-0.39, 0.29) is 11.9 Å². The van der Waals surface area contributed by atoms with Crippen LogP contribution < -0.4 is 5.32 Å². The molecule has 1 aromatic rings. The molecule has 1 aromatic carbocycles.